The van der Waals surface area contributed by atoms with E-state index in [9.17, 15) is 0 Å². The molecule has 23 heavy (non-hydrogen) atoms. The summed E-state index contributed by atoms with van der Waals surface area (Å²) in [5, 5.41) is 4.08. The van der Waals surface area contributed by atoms with Crippen molar-refractivity contribution in [2.45, 2.75) is 37.3 Å². The highest BCUT2D eigenvalue weighted by Crippen LogP contribution is 2.46. The van der Waals surface area contributed by atoms with Crippen molar-refractivity contribution in [1.29, 1.82) is 0 Å². The van der Waals surface area contributed by atoms with Crippen LogP contribution in [0.5, 0.6) is 0 Å². The van der Waals surface area contributed by atoms with E-state index in [0.29, 0.717) is 17.5 Å². The Balaban J connectivity index is 1.23. The number of hydrogen-bond acceptors (Lipinski definition) is 6. The molecule has 0 aliphatic carbocycles. The van der Waals surface area contributed by atoms with Gasteiger partial charge in [-0.15, -0.1) is 11.8 Å². The predicted molar refractivity (Wildman–Crippen MR) is 89.1 cm³/mol. The Bertz CT molecular complexity index is 655. The zero-order valence-electron chi connectivity index (χ0n) is 13.3. The van der Waals surface area contributed by atoms with E-state index in [0.717, 1.165) is 48.8 Å². The van der Waals surface area contributed by atoms with Crippen LogP contribution in [0.2, 0.25) is 0 Å². The third kappa shape index (κ3) is 3.44. The first-order valence-electron chi connectivity index (χ1n) is 8.00. The van der Waals surface area contributed by atoms with Gasteiger partial charge in [0.05, 0.1) is 18.4 Å². The van der Waals surface area contributed by atoms with Crippen molar-refractivity contribution in [1.82, 2.24) is 15.0 Å². The molecule has 0 radical (unpaired) electrons. The van der Waals surface area contributed by atoms with Crippen molar-refractivity contribution in [3.8, 4) is 0 Å². The number of aromatic nitrogens is 2. The van der Waals surface area contributed by atoms with E-state index in [1.54, 1.807) is 6.20 Å². The molecule has 0 saturated carbocycles. The molecule has 2 aromatic rings. The van der Waals surface area contributed by atoms with Gasteiger partial charge in [-0.1, -0.05) is 11.2 Å². The fraction of sp³-hybridized carbons (Fsp3) is 0.529. The fourth-order valence-corrected chi connectivity index (χ4v) is 5.03. The number of pyridine rings is 1. The SMILES string of the molecule is Cc1cc(CN2CC3(CC(OCc4cccnc4)CS3)C2)no1. The average Bonchev–Trinajstić information content (AvgIpc) is 3.13. The molecule has 0 N–H and O–H groups in total. The minimum Gasteiger partial charge on any atom is -0.373 e. The number of hydrogen-bond donors (Lipinski definition) is 0. The number of aryl methyl sites for hydroxylation is 1. The molecule has 0 aromatic carbocycles. The maximum Gasteiger partial charge on any atom is 0.133 e. The van der Waals surface area contributed by atoms with Gasteiger partial charge < -0.3 is 9.26 Å². The topological polar surface area (TPSA) is 51.4 Å². The summed E-state index contributed by atoms with van der Waals surface area (Å²) < 4.78 is 11.6. The maximum absolute atomic E-state index is 6.07. The molecule has 0 amide bonds. The molecule has 4 heterocycles. The van der Waals surface area contributed by atoms with E-state index in [1.165, 1.54) is 0 Å². The minimum absolute atomic E-state index is 0.358. The molecule has 4 rings (SSSR count). The van der Waals surface area contributed by atoms with Crippen LogP contribution in [-0.4, -0.2) is 44.7 Å². The summed E-state index contributed by atoms with van der Waals surface area (Å²) in [5.41, 5.74) is 2.18. The Morgan fingerprint density at radius 2 is 2.39 bits per heavy atom. The molecule has 1 spiro atoms. The smallest absolute Gasteiger partial charge is 0.133 e. The highest BCUT2D eigenvalue weighted by Gasteiger charge is 2.49. The van der Waals surface area contributed by atoms with Crippen LogP contribution in [0.15, 0.2) is 35.1 Å². The van der Waals surface area contributed by atoms with Gasteiger partial charge in [-0.25, -0.2) is 0 Å². The lowest BCUT2D eigenvalue weighted by Crippen LogP contribution is -2.58. The van der Waals surface area contributed by atoms with E-state index >= 15 is 0 Å². The van der Waals surface area contributed by atoms with Crippen molar-refractivity contribution in [2.75, 3.05) is 18.8 Å². The maximum atomic E-state index is 6.07. The molecular formula is C17H21N3O2S. The number of thioether (sulfide) groups is 1. The summed E-state index contributed by atoms with van der Waals surface area (Å²) in [4.78, 5) is 6.57. The Hall–Kier alpha value is -1.37. The number of nitrogens with zero attached hydrogens (tertiary/aromatic N) is 3. The van der Waals surface area contributed by atoms with Gasteiger partial charge >= 0.3 is 0 Å². The Morgan fingerprint density at radius 3 is 3.13 bits per heavy atom. The number of ether oxygens (including phenoxy) is 1. The Kier molecular flexibility index (Phi) is 4.13. The summed E-state index contributed by atoms with van der Waals surface area (Å²) in [6.07, 6.45) is 5.18. The van der Waals surface area contributed by atoms with Crippen molar-refractivity contribution in [3.05, 3.63) is 47.6 Å². The Morgan fingerprint density at radius 1 is 1.48 bits per heavy atom. The highest BCUT2D eigenvalue weighted by molar-refractivity contribution is 8.01. The standard InChI is InChI=1S/C17H21N3O2S/c1-13-5-15(19-22-13)8-20-11-17(12-20)6-16(10-23-17)21-9-14-3-2-4-18-7-14/h2-5,7,16H,6,8-12H2,1H3. The summed E-state index contributed by atoms with van der Waals surface area (Å²) in [7, 11) is 0. The molecule has 1 atom stereocenters. The molecular weight excluding hydrogens is 310 g/mol. The molecule has 5 nitrogen and oxygen atoms in total. The van der Waals surface area contributed by atoms with E-state index in [4.69, 9.17) is 9.26 Å². The second kappa shape index (κ2) is 6.26. The lowest BCUT2D eigenvalue weighted by atomic mass is 9.93. The van der Waals surface area contributed by atoms with Gasteiger partial charge in [0.2, 0.25) is 0 Å². The predicted octanol–water partition coefficient (Wildman–Crippen LogP) is 2.65. The van der Waals surface area contributed by atoms with Crippen LogP contribution in [0.4, 0.5) is 0 Å². The summed E-state index contributed by atoms with van der Waals surface area (Å²) >= 11 is 2.07. The molecule has 0 bridgehead atoms. The highest BCUT2D eigenvalue weighted by atomic mass is 32.2. The normalized spacial score (nSPS) is 23.3. The van der Waals surface area contributed by atoms with E-state index in [2.05, 4.69) is 32.9 Å². The lowest BCUT2D eigenvalue weighted by Gasteiger charge is -2.47. The average molecular weight is 331 g/mol. The van der Waals surface area contributed by atoms with Gasteiger partial charge in [-0.2, -0.15) is 0 Å². The molecule has 2 saturated heterocycles. The quantitative estimate of drug-likeness (QED) is 0.839. The van der Waals surface area contributed by atoms with Gasteiger partial charge in [0.25, 0.3) is 0 Å². The molecule has 2 aromatic heterocycles. The molecule has 2 aliphatic heterocycles. The van der Waals surface area contributed by atoms with Crippen molar-refractivity contribution < 1.29 is 9.26 Å². The van der Waals surface area contributed by atoms with Gasteiger partial charge in [0.1, 0.15) is 5.76 Å². The second-order valence-electron chi connectivity index (χ2n) is 6.57. The van der Waals surface area contributed by atoms with Crippen LogP contribution in [0.3, 0.4) is 0 Å². The van der Waals surface area contributed by atoms with Gasteiger partial charge in [0.15, 0.2) is 0 Å². The first-order valence-corrected chi connectivity index (χ1v) is 8.98. The van der Waals surface area contributed by atoms with Crippen LogP contribution in [0.1, 0.15) is 23.4 Å². The molecule has 2 aliphatic rings. The van der Waals surface area contributed by atoms with E-state index < -0.39 is 0 Å². The first kappa shape index (κ1) is 15.2. The summed E-state index contributed by atoms with van der Waals surface area (Å²) in [6, 6.07) is 6.04. The van der Waals surface area contributed by atoms with Crippen LogP contribution in [0, 0.1) is 6.92 Å². The van der Waals surface area contributed by atoms with Gasteiger partial charge in [0, 0.05) is 48.6 Å². The summed E-state index contributed by atoms with van der Waals surface area (Å²) in [6.45, 7) is 5.73. The van der Waals surface area contributed by atoms with E-state index in [-0.39, 0.29) is 0 Å². The third-order valence-electron chi connectivity index (χ3n) is 4.47. The van der Waals surface area contributed by atoms with Crippen LogP contribution < -0.4 is 0 Å². The molecule has 122 valence electrons. The van der Waals surface area contributed by atoms with Crippen molar-refractivity contribution in [3.63, 3.8) is 0 Å². The van der Waals surface area contributed by atoms with Crippen LogP contribution >= 0.6 is 11.8 Å². The minimum atomic E-state index is 0.358. The van der Waals surface area contributed by atoms with E-state index in [1.807, 2.05) is 25.3 Å². The largest absolute Gasteiger partial charge is 0.373 e. The van der Waals surface area contributed by atoms with Gasteiger partial charge in [-0.05, 0) is 25.0 Å². The van der Waals surface area contributed by atoms with Crippen molar-refractivity contribution in [2.24, 2.45) is 0 Å². The fourth-order valence-electron chi connectivity index (χ4n) is 3.43. The number of rotatable bonds is 5. The van der Waals surface area contributed by atoms with Gasteiger partial charge in [-0.3, -0.25) is 9.88 Å². The zero-order valence-corrected chi connectivity index (χ0v) is 14.1. The lowest BCUT2D eigenvalue weighted by molar-refractivity contribution is 0.0258. The first-order chi connectivity index (χ1) is 11.2. The van der Waals surface area contributed by atoms with Crippen LogP contribution in [0.25, 0.3) is 0 Å². The molecule has 1 unspecified atom stereocenters. The Labute approximate surface area is 140 Å². The third-order valence-corrected chi connectivity index (χ3v) is 6.05. The second-order valence-corrected chi connectivity index (χ2v) is 8.05. The zero-order chi connectivity index (χ0) is 15.7. The van der Waals surface area contributed by atoms with Crippen molar-refractivity contribution >= 4 is 11.8 Å². The monoisotopic (exact) mass is 331 g/mol. The molecule has 6 heteroatoms. The molecule has 2 fully saturated rings. The number of likely N-dealkylation sites (tertiary alicyclic amines) is 1. The summed E-state index contributed by atoms with van der Waals surface area (Å²) in [5.74, 6) is 1.98. The van der Waals surface area contributed by atoms with Crippen LogP contribution in [-0.2, 0) is 17.9 Å².